The standard InChI is InChI=1S/C26H23N3O2/c30-22-16-21(14-15-25-27-23-8-4-5-9-24(23)28-25)29(17-22)26(31)20-12-10-19(11-13-20)18-6-2-1-3-7-18/h1-13,21H,14-17H2,(H,27,28)/t21-/m1/s1. The Morgan fingerprint density at radius 1 is 0.935 bits per heavy atom. The van der Waals surface area contributed by atoms with Gasteiger partial charge in [-0.2, -0.15) is 0 Å². The predicted molar refractivity (Wildman–Crippen MR) is 121 cm³/mol. The Morgan fingerprint density at radius 3 is 2.42 bits per heavy atom. The van der Waals surface area contributed by atoms with Gasteiger partial charge in [0.25, 0.3) is 5.91 Å². The lowest BCUT2D eigenvalue weighted by Gasteiger charge is -2.23. The fourth-order valence-corrected chi connectivity index (χ4v) is 4.28. The highest BCUT2D eigenvalue weighted by atomic mass is 16.2. The lowest BCUT2D eigenvalue weighted by atomic mass is 10.0. The average molecular weight is 409 g/mol. The highest BCUT2D eigenvalue weighted by molar-refractivity contribution is 5.99. The van der Waals surface area contributed by atoms with E-state index in [1.54, 1.807) is 4.90 Å². The van der Waals surface area contributed by atoms with Crippen LogP contribution in [0.2, 0.25) is 0 Å². The largest absolute Gasteiger partial charge is 0.342 e. The fraction of sp³-hybridized carbons (Fsp3) is 0.192. The van der Waals surface area contributed by atoms with Crippen LogP contribution >= 0.6 is 0 Å². The Hall–Kier alpha value is -3.73. The van der Waals surface area contributed by atoms with Crippen LogP contribution < -0.4 is 0 Å². The van der Waals surface area contributed by atoms with Gasteiger partial charge in [0.05, 0.1) is 17.6 Å². The smallest absolute Gasteiger partial charge is 0.254 e. The van der Waals surface area contributed by atoms with Crippen molar-refractivity contribution >= 4 is 22.7 Å². The zero-order chi connectivity index (χ0) is 21.2. The number of Topliss-reactive ketones (excluding diaryl/α,β-unsaturated/α-hetero) is 1. The van der Waals surface area contributed by atoms with Crippen LogP contribution in [0.4, 0.5) is 0 Å². The minimum atomic E-state index is -0.0954. The van der Waals surface area contributed by atoms with Crippen molar-refractivity contribution in [2.75, 3.05) is 6.54 Å². The zero-order valence-corrected chi connectivity index (χ0v) is 17.1. The van der Waals surface area contributed by atoms with Crippen molar-refractivity contribution in [3.63, 3.8) is 0 Å². The Kier molecular flexibility index (Phi) is 5.08. The number of imidazole rings is 1. The first kappa shape index (κ1) is 19.2. The molecule has 31 heavy (non-hydrogen) atoms. The van der Waals surface area contributed by atoms with E-state index in [-0.39, 0.29) is 24.3 Å². The number of fused-ring (bicyclic) bond motifs is 1. The number of amides is 1. The molecule has 1 saturated heterocycles. The third-order valence-corrected chi connectivity index (χ3v) is 5.90. The number of likely N-dealkylation sites (tertiary alicyclic amines) is 1. The molecule has 1 amide bonds. The average Bonchev–Trinajstić information content (AvgIpc) is 3.40. The maximum absolute atomic E-state index is 13.2. The van der Waals surface area contributed by atoms with Crippen molar-refractivity contribution in [1.29, 1.82) is 0 Å². The Bertz CT molecular complexity index is 1200. The van der Waals surface area contributed by atoms with Gasteiger partial charge in [-0.3, -0.25) is 9.59 Å². The Labute approximate surface area is 180 Å². The number of hydrogen-bond acceptors (Lipinski definition) is 3. The fourth-order valence-electron chi connectivity index (χ4n) is 4.28. The number of rotatable bonds is 5. The summed E-state index contributed by atoms with van der Waals surface area (Å²) in [7, 11) is 0. The van der Waals surface area contributed by atoms with E-state index in [4.69, 9.17) is 0 Å². The molecule has 5 rings (SSSR count). The summed E-state index contributed by atoms with van der Waals surface area (Å²) in [5.41, 5.74) is 4.73. The van der Waals surface area contributed by atoms with Crippen molar-refractivity contribution in [2.24, 2.45) is 0 Å². The SMILES string of the molecule is O=C1C[C@@H](CCc2nc3ccccc3[nH]2)N(C(=O)c2ccc(-c3ccccc3)cc2)C1. The van der Waals surface area contributed by atoms with Crippen molar-refractivity contribution in [1.82, 2.24) is 14.9 Å². The first-order valence-electron chi connectivity index (χ1n) is 10.6. The van der Waals surface area contributed by atoms with E-state index in [0.29, 0.717) is 24.8 Å². The highest BCUT2D eigenvalue weighted by Crippen LogP contribution is 2.24. The molecule has 154 valence electrons. The molecule has 5 heteroatoms. The molecule has 1 aromatic heterocycles. The maximum Gasteiger partial charge on any atom is 0.254 e. The van der Waals surface area contributed by atoms with E-state index in [2.05, 4.69) is 9.97 Å². The van der Waals surface area contributed by atoms with Crippen LogP contribution in [0.15, 0.2) is 78.9 Å². The van der Waals surface area contributed by atoms with Crippen molar-refractivity contribution < 1.29 is 9.59 Å². The molecule has 4 aromatic rings. The number of aromatic nitrogens is 2. The summed E-state index contributed by atoms with van der Waals surface area (Å²) >= 11 is 0. The first-order chi connectivity index (χ1) is 15.2. The molecule has 0 saturated carbocycles. The third kappa shape index (κ3) is 3.99. The van der Waals surface area contributed by atoms with E-state index in [9.17, 15) is 9.59 Å². The maximum atomic E-state index is 13.2. The van der Waals surface area contributed by atoms with Crippen LogP contribution in [-0.4, -0.2) is 39.1 Å². The molecule has 1 aliphatic rings. The normalized spacial score (nSPS) is 16.2. The van der Waals surface area contributed by atoms with Gasteiger partial charge in [-0.05, 0) is 41.8 Å². The van der Waals surface area contributed by atoms with Crippen LogP contribution in [0.1, 0.15) is 29.0 Å². The predicted octanol–water partition coefficient (Wildman–Crippen LogP) is 4.65. The van der Waals surface area contributed by atoms with Crippen LogP contribution in [0.5, 0.6) is 0 Å². The van der Waals surface area contributed by atoms with Crippen LogP contribution in [0.3, 0.4) is 0 Å². The second kappa shape index (κ2) is 8.19. The number of nitrogens with one attached hydrogen (secondary N) is 1. The molecule has 0 aliphatic carbocycles. The summed E-state index contributed by atoms with van der Waals surface area (Å²) in [5.74, 6) is 0.920. The lowest BCUT2D eigenvalue weighted by molar-refractivity contribution is -0.116. The molecule has 1 aliphatic heterocycles. The number of hydrogen-bond donors (Lipinski definition) is 1. The van der Waals surface area contributed by atoms with E-state index >= 15 is 0 Å². The van der Waals surface area contributed by atoms with E-state index < -0.39 is 0 Å². The van der Waals surface area contributed by atoms with Gasteiger partial charge in [0.15, 0.2) is 5.78 Å². The molecule has 0 spiro atoms. The van der Waals surface area contributed by atoms with Gasteiger partial charge < -0.3 is 9.88 Å². The van der Waals surface area contributed by atoms with E-state index in [1.807, 2.05) is 78.9 Å². The van der Waals surface area contributed by atoms with Gasteiger partial charge in [-0.25, -0.2) is 4.98 Å². The number of aryl methyl sites for hydroxylation is 1. The summed E-state index contributed by atoms with van der Waals surface area (Å²) in [5, 5.41) is 0. The molecule has 1 fully saturated rings. The van der Waals surface area contributed by atoms with Gasteiger partial charge in [-0.1, -0.05) is 54.6 Å². The Morgan fingerprint density at radius 2 is 1.65 bits per heavy atom. The summed E-state index contributed by atoms with van der Waals surface area (Å²) in [6.45, 7) is 0.185. The number of carbonyl (C=O) groups is 2. The topological polar surface area (TPSA) is 66.1 Å². The number of para-hydroxylation sites is 2. The van der Waals surface area contributed by atoms with Gasteiger partial charge in [0.1, 0.15) is 5.82 Å². The third-order valence-electron chi connectivity index (χ3n) is 5.90. The van der Waals surface area contributed by atoms with Crippen molar-refractivity contribution in [3.8, 4) is 11.1 Å². The first-order valence-corrected chi connectivity index (χ1v) is 10.6. The molecular weight excluding hydrogens is 386 g/mol. The monoisotopic (exact) mass is 409 g/mol. The number of H-pyrrole nitrogens is 1. The summed E-state index contributed by atoms with van der Waals surface area (Å²) in [4.78, 5) is 35.0. The number of nitrogens with zero attached hydrogens (tertiary/aromatic N) is 2. The van der Waals surface area contributed by atoms with Crippen LogP contribution in [0, 0.1) is 0 Å². The molecule has 2 heterocycles. The minimum absolute atomic E-state index is 0.0833. The Balaban J connectivity index is 1.29. The van der Waals surface area contributed by atoms with Gasteiger partial charge in [0, 0.05) is 24.4 Å². The summed E-state index contributed by atoms with van der Waals surface area (Å²) in [6.07, 6.45) is 1.82. The quantitative estimate of drug-likeness (QED) is 0.522. The lowest BCUT2D eigenvalue weighted by Crippen LogP contribution is -2.36. The second-order valence-corrected chi connectivity index (χ2v) is 8.01. The molecule has 1 N–H and O–H groups in total. The van der Waals surface area contributed by atoms with E-state index in [1.165, 1.54) is 0 Å². The minimum Gasteiger partial charge on any atom is -0.342 e. The summed E-state index contributed by atoms with van der Waals surface area (Å²) in [6, 6.07) is 25.5. The van der Waals surface area contributed by atoms with Gasteiger partial charge in [0.2, 0.25) is 0 Å². The van der Waals surface area contributed by atoms with Crippen LogP contribution in [0.25, 0.3) is 22.2 Å². The molecule has 0 unspecified atom stereocenters. The number of benzene rings is 3. The highest BCUT2D eigenvalue weighted by Gasteiger charge is 2.34. The number of carbonyl (C=O) groups excluding carboxylic acids is 2. The second-order valence-electron chi connectivity index (χ2n) is 8.01. The summed E-state index contributed by atoms with van der Waals surface area (Å²) < 4.78 is 0. The molecule has 0 radical (unpaired) electrons. The zero-order valence-electron chi connectivity index (χ0n) is 17.1. The number of ketones is 1. The molecule has 1 atom stereocenters. The van der Waals surface area contributed by atoms with Crippen molar-refractivity contribution in [3.05, 3.63) is 90.3 Å². The van der Waals surface area contributed by atoms with Crippen LogP contribution in [-0.2, 0) is 11.2 Å². The molecule has 0 bridgehead atoms. The molecular formula is C26H23N3O2. The van der Waals surface area contributed by atoms with Gasteiger partial charge >= 0.3 is 0 Å². The number of aromatic amines is 1. The molecule has 5 nitrogen and oxygen atoms in total. The van der Waals surface area contributed by atoms with Crippen molar-refractivity contribution in [2.45, 2.75) is 25.3 Å². The van der Waals surface area contributed by atoms with Gasteiger partial charge in [-0.15, -0.1) is 0 Å². The van der Waals surface area contributed by atoms with E-state index in [0.717, 1.165) is 28.0 Å². The molecule has 3 aromatic carbocycles.